The van der Waals surface area contributed by atoms with Crippen molar-refractivity contribution >= 4 is 50.7 Å². The Morgan fingerprint density at radius 3 is 2.58 bits per heavy atom. The van der Waals surface area contributed by atoms with E-state index in [-0.39, 0.29) is 11.5 Å². The van der Waals surface area contributed by atoms with Crippen molar-refractivity contribution in [3.8, 4) is 0 Å². The number of hydrogen-bond acceptors (Lipinski definition) is 2. The number of hydrogen-bond donors (Lipinski definition) is 1. The van der Waals surface area contributed by atoms with Crippen LogP contribution in [0.2, 0.25) is 10.0 Å². The fourth-order valence-electron chi connectivity index (χ4n) is 2.41. The maximum absolute atomic E-state index is 12.5. The molecule has 2 aromatic carbocycles. The van der Waals surface area contributed by atoms with E-state index < -0.39 is 0 Å². The van der Waals surface area contributed by atoms with Gasteiger partial charge < -0.3 is 9.88 Å². The number of nitrogens with one attached hydrogen (secondary N) is 1. The minimum absolute atomic E-state index is 0.191. The van der Waals surface area contributed by atoms with Crippen LogP contribution in [0.1, 0.15) is 15.9 Å². The zero-order chi connectivity index (χ0) is 18.7. The second-order valence-electron chi connectivity index (χ2n) is 5.55. The van der Waals surface area contributed by atoms with Crippen molar-refractivity contribution in [2.75, 3.05) is 5.32 Å². The highest BCUT2D eigenvalue weighted by atomic mass is 79.9. The van der Waals surface area contributed by atoms with Crippen molar-refractivity contribution in [2.45, 2.75) is 6.54 Å². The molecule has 0 unspecified atom stereocenters. The number of carbonyl (C=O) groups is 1. The maximum Gasteiger partial charge on any atom is 0.257 e. The molecule has 0 aliphatic heterocycles. The second-order valence-corrected chi connectivity index (χ2v) is 7.28. The molecule has 4 nitrogen and oxygen atoms in total. The molecule has 132 valence electrons. The normalized spacial score (nSPS) is 10.6. The van der Waals surface area contributed by atoms with Crippen molar-refractivity contribution in [1.82, 2.24) is 4.57 Å². The average Bonchev–Trinajstić information content (AvgIpc) is 2.61. The third-order valence-corrected chi connectivity index (χ3v) is 4.90. The summed E-state index contributed by atoms with van der Waals surface area (Å²) in [4.78, 5) is 24.6. The predicted molar refractivity (Wildman–Crippen MR) is 108 cm³/mol. The SMILES string of the molecule is O=C(Nc1ccc(=O)n(Cc2ccccc2Cl)c1)c1cc(Br)ccc1Cl. The molecule has 0 fully saturated rings. The second kappa shape index (κ2) is 8.08. The minimum Gasteiger partial charge on any atom is -0.321 e. The van der Waals surface area contributed by atoms with E-state index in [9.17, 15) is 9.59 Å². The summed E-state index contributed by atoms with van der Waals surface area (Å²) < 4.78 is 2.23. The molecule has 0 atom stereocenters. The van der Waals surface area contributed by atoms with Gasteiger partial charge in [-0.3, -0.25) is 9.59 Å². The molecular formula is C19H13BrCl2N2O2. The lowest BCUT2D eigenvalue weighted by atomic mass is 10.2. The summed E-state index contributed by atoms with van der Waals surface area (Å²) in [5, 5.41) is 3.68. The molecule has 3 aromatic rings. The highest BCUT2D eigenvalue weighted by Crippen LogP contribution is 2.22. The van der Waals surface area contributed by atoms with Crippen LogP contribution in [0.15, 0.2) is 70.1 Å². The topological polar surface area (TPSA) is 51.1 Å². The van der Waals surface area contributed by atoms with Crippen molar-refractivity contribution in [3.63, 3.8) is 0 Å². The van der Waals surface area contributed by atoms with Gasteiger partial charge in [-0.05, 0) is 35.9 Å². The van der Waals surface area contributed by atoms with Gasteiger partial charge in [-0.25, -0.2) is 0 Å². The Balaban J connectivity index is 1.86. The molecule has 0 bridgehead atoms. The largest absolute Gasteiger partial charge is 0.321 e. The van der Waals surface area contributed by atoms with Crippen molar-refractivity contribution < 1.29 is 4.79 Å². The molecule has 1 N–H and O–H groups in total. The number of anilines is 1. The van der Waals surface area contributed by atoms with Gasteiger partial charge in [-0.1, -0.05) is 57.3 Å². The number of amides is 1. The van der Waals surface area contributed by atoms with Crippen LogP contribution in [0.5, 0.6) is 0 Å². The minimum atomic E-state index is -0.362. The Morgan fingerprint density at radius 1 is 1.04 bits per heavy atom. The Kier molecular flexibility index (Phi) is 5.81. The summed E-state index contributed by atoms with van der Waals surface area (Å²) in [7, 11) is 0. The number of halogens is 3. The van der Waals surface area contributed by atoms with Crippen LogP contribution in [0.4, 0.5) is 5.69 Å². The zero-order valence-corrected chi connectivity index (χ0v) is 16.5. The van der Waals surface area contributed by atoms with Gasteiger partial charge in [0.1, 0.15) is 0 Å². The van der Waals surface area contributed by atoms with Gasteiger partial charge in [0.15, 0.2) is 0 Å². The number of nitrogens with zero attached hydrogens (tertiary/aromatic N) is 1. The number of rotatable bonds is 4. The first kappa shape index (κ1) is 18.7. The van der Waals surface area contributed by atoms with E-state index in [2.05, 4.69) is 21.2 Å². The lowest BCUT2D eigenvalue weighted by Crippen LogP contribution is -2.21. The van der Waals surface area contributed by atoms with E-state index in [0.29, 0.717) is 27.8 Å². The summed E-state index contributed by atoms with van der Waals surface area (Å²) in [5.41, 5.74) is 1.45. The van der Waals surface area contributed by atoms with E-state index in [1.807, 2.05) is 18.2 Å². The lowest BCUT2D eigenvalue weighted by Gasteiger charge is -2.11. The van der Waals surface area contributed by atoms with Gasteiger partial charge in [0.05, 0.1) is 22.8 Å². The molecule has 1 aromatic heterocycles. The molecule has 0 saturated carbocycles. The fraction of sp³-hybridized carbons (Fsp3) is 0.0526. The Bertz CT molecular complexity index is 1030. The predicted octanol–water partition coefficient (Wildman–Crippen LogP) is 5.22. The third-order valence-electron chi connectivity index (χ3n) is 3.71. The highest BCUT2D eigenvalue weighted by molar-refractivity contribution is 9.10. The standard InChI is InChI=1S/C19H13BrCl2N2O2/c20-13-5-7-17(22)15(9-13)19(26)23-14-6-8-18(25)24(11-14)10-12-3-1-2-4-16(12)21/h1-9,11H,10H2,(H,23,26). The van der Waals surface area contributed by atoms with Crippen LogP contribution < -0.4 is 10.9 Å². The van der Waals surface area contributed by atoms with Crippen molar-refractivity contribution in [2.24, 2.45) is 0 Å². The number of pyridine rings is 1. The number of aromatic nitrogens is 1. The first-order valence-electron chi connectivity index (χ1n) is 7.64. The van der Waals surface area contributed by atoms with Gasteiger partial charge in [0, 0.05) is 21.8 Å². The van der Waals surface area contributed by atoms with Crippen LogP contribution in [-0.2, 0) is 6.54 Å². The van der Waals surface area contributed by atoms with Gasteiger partial charge in [-0.15, -0.1) is 0 Å². The first-order valence-corrected chi connectivity index (χ1v) is 9.19. The van der Waals surface area contributed by atoms with Crippen LogP contribution in [0.25, 0.3) is 0 Å². The zero-order valence-electron chi connectivity index (χ0n) is 13.4. The van der Waals surface area contributed by atoms with E-state index >= 15 is 0 Å². The van der Waals surface area contributed by atoms with Crippen molar-refractivity contribution in [3.05, 3.63) is 96.8 Å². The number of carbonyl (C=O) groups excluding carboxylic acids is 1. The number of benzene rings is 2. The van der Waals surface area contributed by atoms with Crippen LogP contribution >= 0.6 is 39.1 Å². The molecular weight excluding hydrogens is 439 g/mol. The van der Waals surface area contributed by atoms with Crippen LogP contribution in [0.3, 0.4) is 0 Å². The molecule has 0 spiro atoms. The van der Waals surface area contributed by atoms with Gasteiger partial charge in [-0.2, -0.15) is 0 Å². The van der Waals surface area contributed by atoms with E-state index in [0.717, 1.165) is 10.0 Å². The molecule has 7 heteroatoms. The highest BCUT2D eigenvalue weighted by Gasteiger charge is 2.12. The monoisotopic (exact) mass is 450 g/mol. The van der Waals surface area contributed by atoms with Crippen LogP contribution in [-0.4, -0.2) is 10.5 Å². The van der Waals surface area contributed by atoms with Crippen molar-refractivity contribution in [1.29, 1.82) is 0 Å². The Morgan fingerprint density at radius 2 is 1.81 bits per heavy atom. The third kappa shape index (κ3) is 4.36. The van der Waals surface area contributed by atoms with Crippen LogP contribution in [0, 0.1) is 0 Å². The Hall–Kier alpha value is -2.08. The molecule has 1 amide bonds. The molecule has 0 aliphatic rings. The molecule has 0 radical (unpaired) electrons. The fourth-order valence-corrected chi connectivity index (χ4v) is 3.17. The average molecular weight is 452 g/mol. The first-order chi connectivity index (χ1) is 12.4. The molecule has 26 heavy (non-hydrogen) atoms. The lowest BCUT2D eigenvalue weighted by molar-refractivity contribution is 0.102. The molecule has 0 aliphatic carbocycles. The summed E-state index contributed by atoms with van der Waals surface area (Å²) >= 11 is 15.6. The Labute approximate surface area is 168 Å². The summed E-state index contributed by atoms with van der Waals surface area (Å²) in [5.74, 6) is -0.362. The van der Waals surface area contributed by atoms with E-state index in [1.54, 1.807) is 36.5 Å². The van der Waals surface area contributed by atoms with Gasteiger partial charge in [0.25, 0.3) is 11.5 Å². The molecule has 3 rings (SSSR count). The van der Waals surface area contributed by atoms with Gasteiger partial charge in [0.2, 0.25) is 0 Å². The summed E-state index contributed by atoms with van der Waals surface area (Å²) in [6.07, 6.45) is 1.58. The summed E-state index contributed by atoms with van der Waals surface area (Å²) in [6, 6.07) is 15.3. The quantitative estimate of drug-likeness (QED) is 0.591. The maximum atomic E-state index is 12.5. The van der Waals surface area contributed by atoms with E-state index in [4.69, 9.17) is 23.2 Å². The summed E-state index contributed by atoms with van der Waals surface area (Å²) in [6.45, 7) is 0.305. The molecule has 0 saturated heterocycles. The smallest absolute Gasteiger partial charge is 0.257 e. The van der Waals surface area contributed by atoms with E-state index in [1.165, 1.54) is 10.6 Å². The van der Waals surface area contributed by atoms with Gasteiger partial charge >= 0.3 is 0 Å². The molecule has 1 heterocycles.